The molecule has 0 atom stereocenters. The Bertz CT molecular complexity index is 639. The summed E-state index contributed by atoms with van der Waals surface area (Å²) in [5.41, 5.74) is 1.24. The van der Waals surface area contributed by atoms with Crippen LogP contribution in [0.4, 0.5) is 0 Å². The Labute approximate surface area is 157 Å². The van der Waals surface area contributed by atoms with Crippen molar-refractivity contribution >= 4 is 22.4 Å². The molecule has 0 bridgehead atoms. The van der Waals surface area contributed by atoms with Gasteiger partial charge in [-0.25, -0.2) is 0 Å². The Kier molecular flexibility index (Phi) is 8.96. The SMILES string of the molecule is CCCOc1ccc(OCCCCCCCCCl)c2cc(C)ccc12. The predicted octanol–water partition coefficient (Wildman–Crippen LogP) is 6.90. The quantitative estimate of drug-likeness (QED) is 0.302. The highest BCUT2D eigenvalue weighted by molar-refractivity contribution is 6.17. The van der Waals surface area contributed by atoms with Crippen LogP contribution in [0.2, 0.25) is 0 Å². The van der Waals surface area contributed by atoms with Crippen molar-refractivity contribution in [3.05, 3.63) is 35.9 Å². The average Bonchev–Trinajstić information content (AvgIpc) is 2.62. The van der Waals surface area contributed by atoms with Gasteiger partial charge in [-0.1, -0.05) is 50.3 Å². The lowest BCUT2D eigenvalue weighted by atomic mass is 10.1. The van der Waals surface area contributed by atoms with Gasteiger partial charge in [0.25, 0.3) is 0 Å². The van der Waals surface area contributed by atoms with Crippen molar-refractivity contribution in [3.63, 3.8) is 0 Å². The number of unbranched alkanes of at least 4 members (excludes halogenated alkanes) is 5. The van der Waals surface area contributed by atoms with Gasteiger partial charge in [0.2, 0.25) is 0 Å². The molecule has 2 aromatic carbocycles. The van der Waals surface area contributed by atoms with E-state index in [9.17, 15) is 0 Å². The molecule has 0 amide bonds. The highest BCUT2D eigenvalue weighted by Gasteiger charge is 2.08. The Balaban J connectivity index is 1.93. The monoisotopic (exact) mass is 362 g/mol. The van der Waals surface area contributed by atoms with Gasteiger partial charge in [0.05, 0.1) is 13.2 Å². The van der Waals surface area contributed by atoms with Crippen LogP contribution in [0, 0.1) is 6.92 Å². The summed E-state index contributed by atoms with van der Waals surface area (Å²) in [6.07, 6.45) is 8.25. The van der Waals surface area contributed by atoms with Gasteiger partial charge in [-0.2, -0.15) is 0 Å². The number of fused-ring (bicyclic) bond motifs is 1. The predicted molar refractivity (Wildman–Crippen MR) is 108 cm³/mol. The molecule has 2 nitrogen and oxygen atoms in total. The summed E-state index contributed by atoms with van der Waals surface area (Å²) >= 11 is 5.70. The fraction of sp³-hybridized carbons (Fsp3) is 0.545. The van der Waals surface area contributed by atoms with Crippen molar-refractivity contribution in [2.75, 3.05) is 19.1 Å². The maximum absolute atomic E-state index is 6.08. The normalized spacial score (nSPS) is 11.0. The first-order valence-corrected chi connectivity index (χ1v) is 10.1. The smallest absolute Gasteiger partial charge is 0.127 e. The molecule has 0 saturated heterocycles. The molecule has 0 spiro atoms. The van der Waals surface area contributed by atoms with Crippen molar-refractivity contribution in [1.29, 1.82) is 0 Å². The summed E-state index contributed by atoms with van der Waals surface area (Å²) < 4.78 is 12.0. The van der Waals surface area contributed by atoms with E-state index in [1.165, 1.54) is 31.2 Å². The van der Waals surface area contributed by atoms with Crippen LogP contribution in [-0.4, -0.2) is 19.1 Å². The Morgan fingerprint density at radius 3 is 2.12 bits per heavy atom. The number of rotatable bonds is 12. The second kappa shape index (κ2) is 11.3. The number of benzene rings is 2. The lowest BCUT2D eigenvalue weighted by molar-refractivity contribution is 0.305. The summed E-state index contributed by atoms with van der Waals surface area (Å²) in [7, 11) is 0. The van der Waals surface area contributed by atoms with Crippen molar-refractivity contribution in [1.82, 2.24) is 0 Å². The molecular formula is C22H31ClO2. The molecule has 25 heavy (non-hydrogen) atoms. The molecule has 3 heteroatoms. The van der Waals surface area contributed by atoms with Crippen molar-refractivity contribution in [3.8, 4) is 11.5 Å². The zero-order chi connectivity index (χ0) is 17.9. The van der Waals surface area contributed by atoms with Crippen LogP contribution in [0.1, 0.15) is 57.4 Å². The molecule has 0 N–H and O–H groups in total. The van der Waals surface area contributed by atoms with Gasteiger partial charge in [-0.15, -0.1) is 11.6 Å². The van der Waals surface area contributed by atoms with E-state index < -0.39 is 0 Å². The highest BCUT2D eigenvalue weighted by atomic mass is 35.5. The van der Waals surface area contributed by atoms with E-state index in [-0.39, 0.29) is 0 Å². The van der Waals surface area contributed by atoms with Crippen LogP contribution in [0.3, 0.4) is 0 Å². The molecule has 0 fully saturated rings. The zero-order valence-electron chi connectivity index (χ0n) is 15.7. The third kappa shape index (κ3) is 6.43. The van der Waals surface area contributed by atoms with E-state index in [4.69, 9.17) is 21.1 Å². The third-order valence-corrected chi connectivity index (χ3v) is 4.61. The van der Waals surface area contributed by atoms with E-state index >= 15 is 0 Å². The van der Waals surface area contributed by atoms with Gasteiger partial charge < -0.3 is 9.47 Å². The Morgan fingerprint density at radius 2 is 1.40 bits per heavy atom. The van der Waals surface area contributed by atoms with Crippen LogP contribution >= 0.6 is 11.6 Å². The average molecular weight is 363 g/mol. The molecule has 0 unspecified atom stereocenters. The molecule has 0 aliphatic heterocycles. The second-order valence-corrected chi connectivity index (χ2v) is 7.00. The summed E-state index contributed by atoms with van der Waals surface area (Å²) in [6.45, 7) is 5.75. The van der Waals surface area contributed by atoms with Gasteiger partial charge in [0, 0.05) is 16.7 Å². The summed E-state index contributed by atoms with van der Waals surface area (Å²) in [6, 6.07) is 10.5. The minimum absolute atomic E-state index is 0.743. The topological polar surface area (TPSA) is 18.5 Å². The van der Waals surface area contributed by atoms with Crippen molar-refractivity contribution in [2.45, 2.75) is 58.8 Å². The molecular weight excluding hydrogens is 332 g/mol. The first-order chi connectivity index (χ1) is 12.3. The van der Waals surface area contributed by atoms with E-state index in [1.54, 1.807) is 0 Å². The largest absolute Gasteiger partial charge is 0.493 e. The van der Waals surface area contributed by atoms with Gasteiger partial charge in [0.1, 0.15) is 11.5 Å². The van der Waals surface area contributed by atoms with Crippen LogP contribution < -0.4 is 9.47 Å². The van der Waals surface area contributed by atoms with Crippen LogP contribution in [0.5, 0.6) is 11.5 Å². The first kappa shape index (κ1) is 19.9. The van der Waals surface area contributed by atoms with Gasteiger partial charge in [-0.3, -0.25) is 0 Å². The first-order valence-electron chi connectivity index (χ1n) is 9.61. The highest BCUT2D eigenvalue weighted by Crippen LogP contribution is 2.34. The third-order valence-electron chi connectivity index (χ3n) is 4.34. The molecule has 0 aliphatic carbocycles. The van der Waals surface area contributed by atoms with Gasteiger partial charge in [0.15, 0.2) is 0 Å². The Morgan fingerprint density at radius 1 is 0.760 bits per heavy atom. The van der Waals surface area contributed by atoms with E-state index in [2.05, 4.69) is 32.0 Å². The maximum Gasteiger partial charge on any atom is 0.127 e. The van der Waals surface area contributed by atoms with Crippen LogP contribution in [0.15, 0.2) is 30.3 Å². The fourth-order valence-corrected chi connectivity index (χ4v) is 3.15. The lowest BCUT2D eigenvalue weighted by Gasteiger charge is -2.14. The number of hydrogen-bond donors (Lipinski definition) is 0. The number of hydrogen-bond acceptors (Lipinski definition) is 2. The zero-order valence-corrected chi connectivity index (χ0v) is 16.4. The lowest BCUT2D eigenvalue weighted by Crippen LogP contribution is -2.00. The molecule has 0 aromatic heterocycles. The standard InChI is InChI=1S/C22H31ClO2/c1-3-15-24-21-12-13-22(20-17-18(2)10-11-19(20)21)25-16-9-7-5-4-6-8-14-23/h10-13,17H,3-9,14-16H2,1-2H3. The molecule has 0 radical (unpaired) electrons. The number of aryl methyl sites for hydroxylation is 1. The van der Waals surface area contributed by atoms with Crippen LogP contribution in [-0.2, 0) is 0 Å². The fourth-order valence-electron chi connectivity index (χ4n) is 2.96. The van der Waals surface area contributed by atoms with Gasteiger partial charge in [-0.05, 0) is 44.4 Å². The number of halogens is 1. The van der Waals surface area contributed by atoms with Crippen molar-refractivity contribution in [2.24, 2.45) is 0 Å². The van der Waals surface area contributed by atoms with E-state index in [0.29, 0.717) is 0 Å². The second-order valence-electron chi connectivity index (χ2n) is 6.62. The number of alkyl halides is 1. The molecule has 0 heterocycles. The van der Waals surface area contributed by atoms with Crippen molar-refractivity contribution < 1.29 is 9.47 Å². The molecule has 2 aromatic rings. The van der Waals surface area contributed by atoms with Gasteiger partial charge >= 0.3 is 0 Å². The molecule has 0 saturated carbocycles. The van der Waals surface area contributed by atoms with Crippen LogP contribution in [0.25, 0.3) is 10.8 Å². The van der Waals surface area contributed by atoms with E-state index in [0.717, 1.165) is 60.6 Å². The maximum atomic E-state index is 6.08. The molecule has 2 rings (SSSR count). The summed E-state index contributed by atoms with van der Waals surface area (Å²) in [5, 5.41) is 2.29. The number of ether oxygens (including phenoxy) is 2. The van der Waals surface area contributed by atoms with E-state index in [1.807, 2.05) is 12.1 Å². The molecule has 0 aliphatic rings. The summed E-state index contributed by atoms with van der Waals surface area (Å²) in [5.74, 6) is 2.70. The summed E-state index contributed by atoms with van der Waals surface area (Å²) in [4.78, 5) is 0. The minimum atomic E-state index is 0.743. The molecule has 138 valence electrons. The Hall–Kier alpha value is -1.41. The minimum Gasteiger partial charge on any atom is -0.493 e.